The van der Waals surface area contributed by atoms with Crippen LogP contribution in [0.25, 0.3) is 0 Å². The molecule has 118 valence electrons. The molecule has 0 saturated heterocycles. The van der Waals surface area contributed by atoms with E-state index in [0.29, 0.717) is 0 Å². The fraction of sp³-hybridized carbons (Fsp3) is 0.286. The minimum Gasteiger partial charge on any atom is -0.459 e. The maximum atomic E-state index is 11.7. The quantitative estimate of drug-likeness (QED) is 0.348. The van der Waals surface area contributed by atoms with Gasteiger partial charge in [0.2, 0.25) is 0 Å². The van der Waals surface area contributed by atoms with E-state index in [2.05, 4.69) is 6.58 Å². The summed E-state index contributed by atoms with van der Waals surface area (Å²) in [5.41, 5.74) is 0.148. The third-order valence-electron chi connectivity index (χ3n) is 2.48. The number of rotatable bonds is 7. The predicted octanol–water partition coefficient (Wildman–Crippen LogP) is 1.23. The molecule has 0 aliphatic carbocycles. The van der Waals surface area contributed by atoms with Crippen LogP contribution in [0.15, 0.2) is 36.4 Å². The summed E-state index contributed by atoms with van der Waals surface area (Å²) in [6.07, 6.45) is -1.18. The van der Waals surface area contributed by atoms with Gasteiger partial charge in [0, 0.05) is 17.7 Å². The van der Waals surface area contributed by atoms with Crippen LogP contribution in [0, 0.1) is 10.1 Å². The second kappa shape index (κ2) is 7.89. The number of hydrogen-bond donors (Lipinski definition) is 1. The van der Waals surface area contributed by atoms with Crippen molar-refractivity contribution in [3.8, 4) is 0 Å². The summed E-state index contributed by atoms with van der Waals surface area (Å²) in [5, 5.41) is 20.0. The third-order valence-corrected chi connectivity index (χ3v) is 2.48. The molecule has 0 aromatic heterocycles. The van der Waals surface area contributed by atoms with Crippen molar-refractivity contribution < 1.29 is 29.1 Å². The molecule has 0 radical (unpaired) electrons. The van der Waals surface area contributed by atoms with Gasteiger partial charge in [-0.05, 0) is 19.1 Å². The lowest BCUT2D eigenvalue weighted by molar-refractivity contribution is -0.384. The van der Waals surface area contributed by atoms with E-state index >= 15 is 0 Å². The molecule has 0 saturated carbocycles. The largest absolute Gasteiger partial charge is 0.459 e. The molecule has 8 nitrogen and oxygen atoms in total. The molecule has 1 aromatic carbocycles. The van der Waals surface area contributed by atoms with Gasteiger partial charge in [-0.3, -0.25) is 10.1 Å². The first-order valence-electron chi connectivity index (χ1n) is 6.23. The highest BCUT2D eigenvalue weighted by atomic mass is 16.6. The number of benzene rings is 1. The number of nitrogens with zero attached hydrogens (tertiary/aromatic N) is 1. The van der Waals surface area contributed by atoms with Gasteiger partial charge in [-0.2, -0.15) is 0 Å². The summed E-state index contributed by atoms with van der Waals surface area (Å²) >= 11 is 0. The average molecular weight is 309 g/mol. The smallest absolute Gasteiger partial charge is 0.338 e. The Kier molecular flexibility index (Phi) is 6.21. The molecule has 0 aliphatic rings. The second-order valence-corrected chi connectivity index (χ2v) is 4.44. The van der Waals surface area contributed by atoms with E-state index < -0.39 is 23.0 Å². The number of aliphatic hydroxyl groups excluding tert-OH is 1. The third kappa shape index (κ3) is 5.33. The van der Waals surface area contributed by atoms with E-state index in [9.17, 15) is 24.8 Å². The van der Waals surface area contributed by atoms with Crippen LogP contribution in [0.3, 0.4) is 0 Å². The SMILES string of the molecule is C=C(C)C(=O)OCC(O)COC(=O)c1ccc([N+](=O)[O-])cc1. The van der Waals surface area contributed by atoms with E-state index in [-0.39, 0.29) is 30.0 Å². The van der Waals surface area contributed by atoms with Gasteiger partial charge in [-0.1, -0.05) is 6.58 Å². The van der Waals surface area contributed by atoms with Crippen molar-refractivity contribution in [1.82, 2.24) is 0 Å². The lowest BCUT2D eigenvalue weighted by atomic mass is 10.2. The summed E-state index contributed by atoms with van der Waals surface area (Å²) < 4.78 is 9.50. The average Bonchev–Trinajstić information content (AvgIpc) is 2.50. The van der Waals surface area contributed by atoms with Gasteiger partial charge in [0.1, 0.15) is 19.3 Å². The molecule has 0 aliphatic heterocycles. The fourth-order valence-corrected chi connectivity index (χ4v) is 1.32. The van der Waals surface area contributed by atoms with Crippen molar-refractivity contribution in [3.63, 3.8) is 0 Å². The minimum absolute atomic E-state index is 0.108. The summed E-state index contributed by atoms with van der Waals surface area (Å²) in [4.78, 5) is 32.6. The molecule has 8 heteroatoms. The first kappa shape index (κ1) is 17.3. The van der Waals surface area contributed by atoms with Crippen LogP contribution < -0.4 is 0 Å². The van der Waals surface area contributed by atoms with Crippen LogP contribution >= 0.6 is 0 Å². The zero-order valence-corrected chi connectivity index (χ0v) is 11.9. The molecule has 1 N–H and O–H groups in total. The zero-order valence-electron chi connectivity index (χ0n) is 11.9. The van der Waals surface area contributed by atoms with Crippen LogP contribution in [0.1, 0.15) is 17.3 Å². The van der Waals surface area contributed by atoms with Crippen LogP contribution in [-0.2, 0) is 14.3 Å². The van der Waals surface area contributed by atoms with Crippen molar-refractivity contribution in [2.75, 3.05) is 13.2 Å². The van der Waals surface area contributed by atoms with Crippen molar-refractivity contribution in [1.29, 1.82) is 0 Å². The number of carbonyl (C=O) groups excluding carboxylic acids is 2. The van der Waals surface area contributed by atoms with E-state index in [1.807, 2.05) is 0 Å². The van der Waals surface area contributed by atoms with Gasteiger partial charge < -0.3 is 14.6 Å². The van der Waals surface area contributed by atoms with E-state index in [0.717, 1.165) is 0 Å². The summed E-state index contributed by atoms with van der Waals surface area (Å²) in [7, 11) is 0. The number of aliphatic hydroxyl groups is 1. The number of nitro benzene ring substituents is 1. The molecule has 0 heterocycles. The zero-order chi connectivity index (χ0) is 16.7. The van der Waals surface area contributed by atoms with E-state index in [1.165, 1.54) is 31.2 Å². The maximum absolute atomic E-state index is 11.7. The Morgan fingerprint density at radius 1 is 1.27 bits per heavy atom. The van der Waals surface area contributed by atoms with Crippen molar-refractivity contribution in [2.24, 2.45) is 0 Å². The molecule has 1 atom stereocenters. The standard InChI is InChI=1S/C14H15NO7/c1-9(2)13(17)21-7-12(16)8-22-14(18)10-3-5-11(6-4-10)15(19)20/h3-6,12,16H,1,7-8H2,2H3. The topological polar surface area (TPSA) is 116 Å². The molecule has 0 amide bonds. The monoisotopic (exact) mass is 309 g/mol. The lowest BCUT2D eigenvalue weighted by Crippen LogP contribution is -2.25. The molecule has 0 bridgehead atoms. The highest BCUT2D eigenvalue weighted by molar-refractivity contribution is 5.89. The number of non-ortho nitro benzene ring substituents is 1. The van der Waals surface area contributed by atoms with E-state index in [1.54, 1.807) is 0 Å². The van der Waals surface area contributed by atoms with Crippen LogP contribution in [0.4, 0.5) is 5.69 Å². The Labute approximate surface area is 126 Å². The maximum Gasteiger partial charge on any atom is 0.338 e. The Morgan fingerprint density at radius 3 is 2.32 bits per heavy atom. The Hall–Kier alpha value is -2.74. The molecule has 0 fully saturated rings. The fourth-order valence-electron chi connectivity index (χ4n) is 1.32. The number of esters is 2. The molecule has 1 aromatic rings. The summed E-state index contributed by atoms with van der Waals surface area (Å²) in [6, 6.07) is 4.82. The van der Waals surface area contributed by atoms with Gasteiger partial charge in [0.15, 0.2) is 0 Å². The Bertz CT molecular complexity index is 579. The van der Waals surface area contributed by atoms with Gasteiger partial charge >= 0.3 is 11.9 Å². The van der Waals surface area contributed by atoms with Gasteiger partial charge in [0.05, 0.1) is 10.5 Å². The number of nitro groups is 1. The second-order valence-electron chi connectivity index (χ2n) is 4.44. The van der Waals surface area contributed by atoms with Gasteiger partial charge in [0.25, 0.3) is 5.69 Å². The highest BCUT2D eigenvalue weighted by Gasteiger charge is 2.14. The highest BCUT2D eigenvalue weighted by Crippen LogP contribution is 2.12. The Balaban J connectivity index is 2.43. The lowest BCUT2D eigenvalue weighted by Gasteiger charge is -2.11. The van der Waals surface area contributed by atoms with Gasteiger partial charge in [-0.15, -0.1) is 0 Å². The molecule has 1 rings (SSSR count). The first-order valence-corrected chi connectivity index (χ1v) is 6.23. The summed E-state index contributed by atoms with van der Waals surface area (Å²) in [6.45, 7) is 4.13. The van der Waals surface area contributed by atoms with E-state index in [4.69, 9.17) is 9.47 Å². The van der Waals surface area contributed by atoms with Crippen molar-refractivity contribution in [3.05, 3.63) is 52.1 Å². The van der Waals surface area contributed by atoms with Gasteiger partial charge in [-0.25, -0.2) is 9.59 Å². The number of carbonyl (C=O) groups is 2. The minimum atomic E-state index is -1.18. The van der Waals surface area contributed by atoms with Crippen LogP contribution in [0.5, 0.6) is 0 Å². The van der Waals surface area contributed by atoms with Crippen LogP contribution in [-0.4, -0.2) is 41.3 Å². The van der Waals surface area contributed by atoms with Crippen molar-refractivity contribution >= 4 is 17.6 Å². The molecular formula is C14H15NO7. The molecular weight excluding hydrogens is 294 g/mol. The first-order chi connectivity index (χ1) is 10.3. The summed E-state index contributed by atoms with van der Waals surface area (Å²) in [5.74, 6) is -1.40. The normalized spacial score (nSPS) is 11.4. The number of hydrogen-bond acceptors (Lipinski definition) is 7. The van der Waals surface area contributed by atoms with Crippen molar-refractivity contribution in [2.45, 2.75) is 13.0 Å². The Morgan fingerprint density at radius 2 is 1.82 bits per heavy atom. The molecule has 0 spiro atoms. The predicted molar refractivity (Wildman–Crippen MR) is 75.2 cm³/mol. The molecule has 1 unspecified atom stereocenters. The van der Waals surface area contributed by atoms with Crippen LogP contribution in [0.2, 0.25) is 0 Å². The number of ether oxygens (including phenoxy) is 2. The molecule has 22 heavy (non-hydrogen) atoms.